The number of carbonyl (C=O) groups excluding carboxylic acids is 2. The number of halogens is 1. The fourth-order valence-corrected chi connectivity index (χ4v) is 2.77. The van der Waals surface area contributed by atoms with E-state index in [1.54, 1.807) is 24.3 Å². The number of benzene rings is 1. The van der Waals surface area contributed by atoms with Gasteiger partial charge >= 0.3 is 0 Å². The molecule has 0 bridgehead atoms. The Balaban J connectivity index is 0.00000220. The van der Waals surface area contributed by atoms with Crippen molar-refractivity contribution in [2.45, 2.75) is 38.1 Å². The average molecular weight is 312 g/mol. The minimum absolute atomic E-state index is 0. The van der Waals surface area contributed by atoms with Crippen molar-refractivity contribution in [3.8, 4) is 0 Å². The summed E-state index contributed by atoms with van der Waals surface area (Å²) in [5.74, 6) is -0.799. The van der Waals surface area contributed by atoms with Crippen LogP contribution in [0.5, 0.6) is 0 Å². The lowest BCUT2D eigenvalue weighted by Gasteiger charge is -2.37. The van der Waals surface area contributed by atoms with E-state index < -0.39 is 11.4 Å². The second-order valence-corrected chi connectivity index (χ2v) is 5.74. The molecule has 2 unspecified atom stereocenters. The molecule has 1 aliphatic rings. The SMILES string of the molecule is CC1(N)CCCCC1C(=O)Nc1cccc(C(N)=O)c1.Cl. The minimum atomic E-state index is -0.512. The molecular weight excluding hydrogens is 290 g/mol. The first-order chi connectivity index (χ1) is 9.40. The summed E-state index contributed by atoms with van der Waals surface area (Å²) in [6, 6.07) is 6.63. The predicted molar refractivity (Wildman–Crippen MR) is 85.4 cm³/mol. The lowest BCUT2D eigenvalue weighted by Crippen LogP contribution is -2.51. The summed E-state index contributed by atoms with van der Waals surface area (Å²) in [5, 5.41) is 2.84. The quantitative estimate of drug-likeness (QED) is 0.796. The van der Waals surface area contributed by atoms with Crippen LogP contribution in [0.25, 0.3) is 0 Å². The molecule has 0 aliphatic heterocycles. The van der Waals surface area contributed by atoms with Gasteiger partial charge < -0.3 is 16.8 Å². The van der Waals surface area contributed by atoms with Gasteiger partial charge in [-0.05, 0) is 38.0 Å². The van der Waals surface area contributed by atoms with Crippen molar-refractivity contribution in [1.29, 1.82) is 0 Å². The molecule has 116 valence electrons. The zero-order chi connectivity index (χ0) is 14.8. The van der Waals surface area contributed by atoms with Crippen molar-refractivity contribution >= 4 is 29.9 Å². The van der Waals surface area contributed by atoms with E-state index in [0.717, 1.165) is 25.7 Å². The number of rotatable bonds is 3. The fourth-order valence-electron chi connectivity index (χ4n) is 2.77. The van der Waals surface area contributed by atoms with E-state index >= 15 is 0 Å². The summed E-state index contributed by atoms with van der Waals surface area (Å²) in [5.41, 5.74) is 11.9. The zero-order valence-corrected chi connectivity index (χ0v) is 12.9. The van der Waals surface area contributed by atoms with Crippen LogP contribution in [-0.2, 0) is 4.79 Å². The standard InChI is InChI=1S/C15H21N3O2.ClH/c1-15(17)8-3-2-7-12(15)14(20)18-11-6-4-5-10(9-11)13(16)19;/h4-6,9,12H,2-3,7-8,17H2,1H3,(H2,16,19)(H,18,20);1H. The maximum Gasteiger partial charge on any atom is 0.248 e. The van der Waals surface area contributed by atoms with Crippen molar-refractivity contribution in [3.05, 3.63) is 29.8 Å². The Hall–Kier alpha value is -1.59. The molecule has 5 N–H and O–H groups in total. The van der Waals surface area contributed by atoms with E-state index in [0.29, 0.717) is 11.3 Å². The van der Waals surface area contributed by atoms with E-state index in [-0.39, 0.29) is 24.2 Å². The highest BCUT2D eigenvalue weighted by Gasteiger charge is 2.37. The van der Waals surface area contributed by atoms with Crippen LogP contribution in [0.1, 0.15) is 43.0 Å². The smallest absolute Gasteiger partial charge is 0.248 e. The number of carbonyl (C=O) groups is 2. The van der Waals surface area contributed by atoms with Crippen molar-refractivity contribution in [3.63, 3.8) is 0 Å². The van der Waals surface area contributed by atoms with Gasteiger partial charge in [0.15, 0.2) is 0 Å². The van der Waals surface area contributed by atoms with Crippen LogP contribution < -0.4 is 16.8 Å². The number of nitrogens with two attached hydrogens (primary N) is 2. The molecule has 0 heterocycles. The van der Waals surface area contributed by atoms with Crippen LogP contribution >= 0.6 is 12.4 Å². The number of hydrogen-bond donors (Lipinski definition) is 3. The molecule has 1 aliphatic carbocycles. The first-order valence-electron chi connectivity index (χ1n) is 6.90. The summed E-state index contributed by atoms with van der Waals surface area (Å²) in [7, 11) is 0. The highest BCUT2D eigenvalue weighted by molar-refractivity contribution is 5.97. The Morgan fingerprint density at radius 3 is 2.67 bits per heavy atom. The molecule has 2 amide bonds. The van der Waals surface area contributed by atoms with Gasteiger partial charge in [0.05, 0.1) is 5.92 Å². The van der Waals surface area contributed by atoms with Gasteiger partial charge in [-0.2, -0.15) is 0 Å². The molecule has 5 nitrogen and oxygen atoms in total. The fraction of sp³-hybridized carbons (Fsp3) is 0.467. The molecule has 1 aromatic rings. The van der Waals surface area contributed by atoms with Crippen LogP contribution in [0.2, 0.25) is 0 Å². The van der Waals surface area contributed by atoms with Crippen molar-refractivity contribution in [2.24, 2.45) is 17.4 Å². The second-order valence-electron chi connectivity index (χ2n) is 5.74. The molecule has 0 radical (unpaired) electrons. The monoisotopic (exact) mass is 311 g/mol. The topological polar surface area (TPSA) is 98.2 Å². The zero-order valence-electron chi connectivity index (χ0n) is 12.1. The summed E-state index contributed by atoms with van der Waals surface area (Å²) < 4.78 is 0. The summed E-state index contributed by atoms with van der Waals surface area (Å²) in [6.07, 6.45) is 3.74. The van der Waals surface area contributed by atoms with Crippen LogP contribution in [0.3, 0.4) is 0 Å². The first kappa shape index (κ1) is 17.5. The van der Waals surface area contributed by atoms with Gasteiger partial charge in [-0.1, -0.05) is 18.9 Å². The molecule has 1 aromatic carbocycles. The highest BCUT2D eigenvalue weighted by Crippen LogP contribution is 2.32. The molecule has 2 rings (SSSR count). The summed E-state index contributed by atoms with van der Waals surface area (Å²) in [4.78, 5) is 23.5. The average Bonchev–Trinajstić information content (AvgIpc) is 2.38. The molecule has 2 atom stereocenters. The number of amides is 2. The predicted octanol–water partition coefficient (Wildman–Crippen LogP) is 2.05. The third-order valence-corrected chi connectivity index (χ3v) is 3.99. The molecule has 21 heavy (non-hydrogen) atoms. The number of primary amides is 1. The van der Waals surface area contributed by atoms with E-state index in [9.17, 15) is 9.59 Å². The molecule has 0 spiro atoms. The molecule has 0 saturated heterocycles. The van der Waals surface area contributed by atoms with Crippen LogP contribution in [0.15, 0.2) is 24.3 Å². The number of nitrogens with one attached hydrogen (secondary N) is 1. The van der Waals surface area contributed by atoms with Crippen molar-refractivity contribution in [2.75, 3.05) is 5.32 Å². The van der Waals surface area contributed by atoms with E-state index in [1.807, 2.05) is 6.92 Å². The summed E-state index contributed by atoms with van der Waals surface area (Å²) >= 11 is 0. The largest absolute Gasteiger partial charge is 0.366 e. The minimum Gasteiger partial charge on any atom is -0.366 e. The van der Waals surface area contributed by atoms with Gasteiger partial charge in [0, 0.05) is 16.8 Å². The maximum atomic E-state index is 12.4. The van der Waals surface area contributed by atoms with Gasteiger partial charge in [-0.25, -0.2) is 0 Å². The molecule has 1 fully saturated rings. The Morgan fingerprint density at radius 2 is 2.05 bits per heavy atom. The van der Waals surface area contributed by atoms with Crippen molar-refractivity contribution in [1.82, 2.24) is 0 Å². The Bertz CT molecular complexity index is 531. The normalized spacial score (nSPS) is 24.8. The number of hydrogen-bond acceptors (Lipinski definition) is 3. The van der Waals surface area contributed by atoms with Crippen LogP contribution in [0.4, 0.5) is 5.69 Å². The van der Waals surface area contributed by atoms with Gasteiger partial charge in [-0.3, -0.25) is 9.59 Å². The van der Waals surface area contributed by atoms with E-state index in [4.69, 9.17) is 11.5 Å². The highest BCUT2D eigenvalue weighted by atomic mass is 35.5. The Morgan fingerprint density at radius 1 is 1.33 bits per heavy atom. The van der Waals surface area contributed by atoms with Gasteiger partial charge in [0.25, 0.3) is 0 Å². The molecule has 0 aromatic heterocycles. The van der Waals surface area contributed by atoms with Crippen LogP contribution in [-0.4, -0.2) is 17.4 Å². The third kappa shape index (κ3) is 4.19. The summed E-state index contributed by atoms with van der Waals surface area (Å²) in [6.45, 7) is 1.93. The Kier molecular flexibility index (Phi) is 5.75. The van der Waals surface area contributed by atoms with Gasteiger partial charge in [0.2, 0.25) is 11.8 Å². The Labute approximate surface area is 130 Å². The van der Waals surface area contributed by atoms with Crippen molar-refractivity contribution < 1.29 is 9.59 Å². The van der Waals surface area contributed by atoms with Crippen LogP contribution in [0, 0.1) is 5.92 Å². The third-order valence-electron chi connectivity index (χ3n) is 3.99. The van der Waals surface area contributed by atoms with E-state index in [1.165, 1.54) is 0 Å². The second kappa shape index (κ2) is 6.91. The molecule has 6 heteroatoms. The lowest BCUT2D eigenvalue weighted by molar-refractivity contribution is -0.122. The maximum absolute atomic E-state index is 12.4. The lowest BCUT2D eigenvalue weighted by atomic mass is 9.74. The molecular formula is C15H22ClN3O2. The number of anilines is 1. The van der Waals surface area contributed by atoms with Gasteiger partial charge in [0.1, 0.15) is 0 Å². The van der Waals surface area contributed by atoms with E-state index in [2.05, 4.69) is 5.32 Å². The van der Waals surface area contributed by atoms with Gasteiger partial charge in [-0.15, -0.1) is 12.4 Å². The first-order valence-corrected chi connectivity index (χ1v) is 6.90. The molecule has 1 saturated carbocycles.